The van der Waals surface area contributed by atoms with Crippen molar-refractivity contribution in [2.24, 2.45) is 0 Å². The molecule has 0 aromatic heterocycles. The van der Waals surface area contributed by atoms with E-state index in [4.69, 9.17) is 4.74 Å². The van der Waals surface area contributed by atoms with Crippen molar-refractivity contribution in [2.45, 2.75) is 25.9 Å². The van der Waals surface area contributed by atoms with Crippen LogP contribution in [-0.4, -0.2) is 41.2 Å². The molecule has 0 saturated carbocycles. The predicted octanol–water partition coefficient (Wildman–Crippen LogP) is 2.12. The van der Waals surface area contributed by atoms with E-state index in [2.05, 4.69) is 4.90 Å². The Kier molecular flexibility index (Phi) is 4.92. The fraction of sp³-hybridized carbons (Fsp3) is 0.571. The van der Waals surface area contributed by atoms with Gasteiger partial charge >= 0.3 is 0 Å². The second kappa shape index (κ2) is 6.67. The van der Waals surface area contributed by atoms with Crippen molar-refractivity contribution >= 4 is 5.69 Å². The van der Waals surface area contributed by atoms with Crippen molar-refractivity contribution < 1.29 is 14.8 Å². The van der Waals surface area contributed by atoms with Gasteiger partial charge in [0.25, 0.3) is 5.69 Å². The molecule has 1 heterocycles. The quantitative estimate of drug-likeness (QED) is 0.638. The normalized spacial score (nSPS) is 17.1. The van der Waals surface area contributed by atoms with E-state index in [-0.39, 0.29) is 5.69 Å². The van der Waals surface area contributed by atoms with Gasteiger partial charge in [0.15, 0.2) is 0 Å². The molecule has 1 aliphatic heterocycles. The predicted molar refractivity (Wildman–Crippen MR) is 74.9 cm³/mol. The Morgan fingerprint density at radius 2 is 2.15 bits per heavy atom. The first-order valence-corrected chi connectivity index (χ1v) is 6.89. The lowest BCUT2D eigenvalue weighted by molar-refractivity contribution is -0.385. The molecule has 1 N–H and O–H groups in total. The lowest BCUT2D eigenvalue weighted by Crippen LogP contribution is -2.25. The van der Waals surface area contributed by atoms with Crippen molar-refractivity contribution in [3.8, 4) is 5.75 Å². The Hall–Kier alpha value is -1.66. The van der Waals surface area contributed by atoms with Crippen molar-refractivity contribution in [2.75, 3.05) is 26.2 Å². The van der Waals surface area contributed by atoms with Gasteiger partial charge < -0.3 is 9.84 Å². The summed E-state index contributed by atoms with van der Waals surface area (Å²) >= 11 is 0. The highest BCUT2D eigenvalue weighted by Gasteiger charge is 2.16. The van der Waals surface area contributed by atoms with E-state index in [1.807, 2.05) is 0 Å². The molecule has 0 spiro atoms. The minimum Gasteiger partial charge on any atom is -0.492 e. The smallest absolute Gasteiger partial charge is 0.270 e. The SMILES string of the molecule is CC(O)c1cc([N+](=O)[O-])ccc1OCCN1CCCC1. The Morgan fingerprint density at radius 1 is 1.45 bits per heavy atom. The molecule has 110 valence electrons. The maximum atomic E-state index is 10.8. The van der Waals surface area contributed by atoms with Gasteiger partial charge in [-0.1, -0.05) is 0 Å². The Labute approximate surface area is 118 Å². The average Bonchev–Trinajstić information content (AvgIpc) is 2.91. The molecular formula is C14H20N2O4. The van der Waals surface area contributed by atoms with Crippen LogP contribution in [0.5, 0.6) is 5.75 Å². The molecule has 1 atom stereocenters. The summed E-state index contributed by atoms with van der Waals surface area (Å²) in [5.41, 5.74) is 0.424. The molecule has 20 heavy (non-hydrogen) atoms. The lowest BCUT2D eigenvalue weighted by Gasteiger charge is -2.17. The zero-order valence-electron chi connectivity index (χ0n) is 11.6. The van der Waals surface area contributed by atoms with Crippen molar-refractivity contribution in [3.63, 3.8) is 0 Å². The Morgan fingerprint density at radius 3 is 2.75 bits per heavy atom. The molecule has 1 saturated heterocycles. The summed E-state index contributed by atoms with van der Waals surface area (Å²) < 4.78 is 5.67. The van der Waals surface area contributed by atoms with Gasteiger partial charge in [-0.05, 0) is 38.9 Å². The number of hydrogen-bond acceptors (Lipinski definition) is 5. The van der Waals surface area contributed by atoms with Crippen LogP contribution in [0.1, 0.15) is 31.4 Å². The number of nitro groups is 1. The molecular weight excluding hydrogens is 260 g/mol. The van der Waals surface area contributed by atoms with Crippen LogP contribution in [0, 0.1) is 10.1 Å². The van der Waals surface area contributed by atoms with Crippen molar-refractivity contribution in [1.82, 2.24) is 4.90 Å². The summed E-state index contributed by atoms with van der Waals surface area (Å²) in [5, 5.41) is 20.5. The zero-order valence-corrected chi connectivity index (χ0v) is 11.6. The van der Waals surface area contributed by atoms with Crippen LogP contribution in [0.4, 0.5) is 5.69 Å². The monoisotopic (exact) mass is 280 g/mol. The first kappa shape index (κ1) is 14.7. The fourth-order valence-corrected chi connectivity index (χ4v) is 2.40. The van der Waals surface area contributed by atoms with Crippen LogP contribution in [0.15, 0.2) is 18.2 Å². The standard InChI is InChI=1S/C14H20N2O4/c1-11(17)13-10-12(16(18)19)4-5-14(13)20-9-8-15-6-2-3-7-15/h4-5,10-11,17H,2-3,6-9H2,1H3. The van der Waals surface area contributed by atoms with Gasteiger partial charge in [0.1, 0.15) is 12.4 Å². The zero-order chi connectivity index (χ0) is 14.5. The molecule has 1 aromatic rings. The molecule has 1 unspecified atom stereocenters. The minimum atomic E-state index is -0.795. The van der Waals surface area contributed by atoms with Gasteiger partial charge in [0, 0.05) is 24.2 Å². The summed E-state index contributed by atoms with van der Waals surface area (Å²) in [5.74, 6) is 0.518. The number of nitrogens with zero attached hydrogens (tertiary/aromatic N) is 2. The molecule has 0 radical (unpaired) electrons. The maximum Gasteiger partial charge on any atom is 0.270 e. The topological polar surface area (TPSA) is 75.8 Å². The molecule has 0 bridgehead atoms. The third kappa shape index (κ3) is 3.68. The van der Waals surface area contributed by atoms with Gasteiger partial charge in [-0.3, -0.25) is 15.0 Å². The van der Waals surface area contributed by atoms with Crippen molar-refractivity contribution in [1.29, 1.82) is 0 Å². The number of hydrogen-bond donors (Lipinski definition) is 1. The molecule has 6 nitrogen and oxygen atoms in total. The highest BCUT2D eigenvalue weighted by atomic mass is 16.6. The number of non-ortho nitro benzene ring substituents is 1. The molecule has 0 amide bonds. The second-order valence-corrected chi connectivity index (χ2v) is 5.05. The Bertz CT molecular complexity index is 470. The lowest BCUT2D eigenvalue weighted by atomic mass is 10.1. The van der Waals surface area contributed by atoms with E-state index >= 15 is 0 Å². The fourth-order valence-electron chi connectivity index (χ4n) is 2.40. The summed E-state index contributed by atoms with van der Waals surface area (Å²) in [4.78, 5) is 12.6. The van der Waals surface area contributed by atoms with Crippen LogP contribution in [-0.2, 0) is 0 Å². The first-order chi connectivity index (χ1) is 9.58. The van der Waals surface area contributed by atoms with E-state index in [1.54, 1.807) is 13.0 Å². The van der Waals surface area contributed by atoms with E-state index < -0.39 is 11.0 Å². The Balaban J connectivity index is 2.00. The summed E-state index contributed by atoms with van der Waals surface area (Å²) in [6.07, 6.45) is 1.67. The van der Waals surface area contributed by atoms with E-state index in [0.717, 1.165) is 19.6 Å². The first-order valence-electron chi connectivity index (χ1n) is 6.89. The molecule has 0 aliphatic carbocycles. The van der Waals surface area contributed by atoms with Crippen LogP contribution in [0.25, 0.3) is 0 Å². The third-order valence-electron chi connectivity index (χ3n) is 3.52. The number of ether oxygens (including phenoxy) is 1. The summed E-state index contributed by atoms with van der Waals surface area (Å²) in [7, 11) is 0. The molecule has 1 fully saturated rings. The van der Waals surface area contributed by atoms with E-state index in [0.29, 0.717) is 17.9 Å². The van der Waals surface area contributed by atoms with Gasteiger partial charge in [0.05, 0.1) is 11.0 Å². The highest BCUT2D eigenvalue weighted by Crippen LogP contribution is 2.29. The third-order valence-corrected chi connectivity index (χ3v) is 3.52. The summed E-state index contributed by atoms with van der Waals surface area (Å²) in [6.45, 7) is 5.15. The highest BCUT2D eigenvalue weighted by molar-refractivity contribution is 5.44. The minimum absolute atomic E-state index is 0.0345. The van der Waals surface area contributed by atoms with Crippen LogP contribution in [0.2, 0.25) is 0 Å². The number of likely N-dealkylation sites (tertiary alicyclic amines) is 1. The molecule has 1 aromatic carbocycles. The molecule has 2 rings (SSSR count). The average molecular weight is 280 g/mol. The largest absolute Gasteiger partial charge is 0.492 e. The maximum absolute atomic E-state index is 10.8. The molecule has 6 heteroatoms. The number of nitro benzene ring substituents is 1. The molecule has 1 aliphatic rings. The number of aliphatic hydroxyl groups is 1. The number of aliphatic hydroxyl groups excluding tert-OH is 1. The van der Waals surface area contributed by atoms with Gasteiger partial charge in [-0.15, -0.1) is 0 Å². The van der Waals surface area contributed by atoms with E-state index in [9.17, 15) is 15.2 Å². The van der Waals surface area contributed by atoms with Gasteiger partial charge in [-0.2, -0.15) is 0 Å². The van der Waals surface area contributed by atoms with E-state index in [1.165, 1.54) is 25.0 Å². The summed E-state index contributed by atoms with van der Waals surface area (Å²) in [6, 6.07) is 4.33. The van der Waals surface area contributed by atoms with Gasteiger partial charge in [-0.25, -0.2) is 0 Å². The van der Waals surface area contributed by atoms with Crippen molar-refractivity contribution in [3.05, 3.63) is 33.9 Å². The van der Waals surface area contributed by atoms with Crippen LogP contribution in [0.3, 0.4) is 0 Å². The second-order valence-electron chi connectivity index (χ2n) is 5.05. The number of rotatable bonds is 6. The van der Waals surface area contributed by atoms with Crippen LogP contribution < -0.4 is 4.74 Å². The number of benzene rings is 1. The van der Waals surface area contributed by atoms with Crippen LogP contribution >= 0.6 is 0 Å². The van der Waals surface area contributed by atoms with Gasteiger partial charge in [0.2, 0.25) is 0 Å².